The maximum atomic E-state index is 13.3. The summed E-state index contributed by atoms with van der Waals surface area (Å²) in [6.45, 7) is 8.94. The van der Waals surface area contributed by atoms with Crippen LogP contribution in [0, 0.1) is 13.8 Å². The minimum Gasteiger partial charge on any atom is -0.325 e. The van der Waals surface area contributed by atoms with Crippen LogP contribution in [0.5, 0.6) is 0 Å². The third-order valence-electron chi connectivity index (χ3n) is 5.32. The molecule has 3 heterocycles. The molecule has 1 aliphatic heterocycles. The second-order valence-corrected chi connectivity index (χ2v) is 11.1. The number of fused-ring (bicyclic) bond motifs is 1. The van der Waals surface area contributed by atoms with Crippen molar-refractivity contribution in [1.29, 1.82) is 0 Å². The largest absolute Gasteiger partial charge is 0.325 e. The van der Waals surface area contributed by atoms with Gasteiger partial charge in [0.05, 0.1) is 21.7 Å². The standard InChI is InChI=1S/C20H26N4O2S2/c1-13(2)24-18-10-6-5-9-17(18)22-19(24)16-8-7-11-23(12-16)28(25,26)20-14(3)21-15(4)27-20/h5-6,9-10,13,16H,7-8,11-12H2,1-4H3. The summed E-state index contributed by atoms with van der Waals surface area (Å²) in [7, 11) is -3.52. The van der Waals surface area contributed by atoms with Crippen LogP contribution in [0.25, 0.3) is 11.0 Å². The molecule has 6 nitrogen and oxygen atoms in total. The molecule has 0 amide bonds. The zero-order valence-electron chi connectivity index (χ0n) is 16.7. The van der Waals surface area contributed by atoms with Crippen molar-refractivity contribution in [3.05, 3.63) is 40.8 Å². The first kappa shape index (κ1) is 19.5. The van der Waals surface area contributed by atoms with Gasteiger partial charge in [0.2, 0.25) is 0 Å². The lowest BCUT2D eigenvalue weighted by Crippen LogP contribution is -2.39. The number of thiazole rings is 1. The van der Waals surface area contributed by atoms with Gasteiger partial charge >= 0.3 is 0 Å². The topological polar surface area (TPSA) is 68.1 Å². The molecule has 0 N–H and O–H groups in total. The number of hydrogen-bond acceptors (Lipinski definition) is 5. The summed E-state index contributed by atoms with van der Waals surface area (Å²) < 4.78 is 30.8. The first-order valence-electron chi connectivity index (χ1n) is 9.70. The molecule has 0 spiro atoms. The van der Waals surface area contributed by atoms with Gasteiger partial charge in [0, 0.05) is 25.0 Å². The number of benzene rings is 1. The van der Waals surface area contributed by atoms with E-state index in [4.69, 9.17) is 4.98 Å². The summed E-state index contributed by atoms with van der Waals surface area (Å²) in [5.41, 5.74) is 2.68. The number of sulfonamides is 1. The second-order valence-electron chi connectivity index (χ2n) is 7.73. The van der Waals surface area contributed by atoms with E-state index in [-0.39, 0.29) is 12.0 Å². The maximum Gasteiger partial charge on any atom is 0.254 e. The molecule has 0 saturated carbocycles. The van der Waals surface area contributed by atoms with E-state index in [0.29, 0.717) is 23.0 Å². The molecule has 1 fully saturated rings. The van der Waals surface area contributed by atoms with Crippen LogP contribution < -0.4 is 0 Å². The molecule has 1 saturated heterocycles. The van der Waals surface area contributed by atoms with Crippen LogP contribution in [0.1, 0.15) is 55.2 Å². The quantitative estimate of drug-likeness (QED) is 0.635. The van der Waals surface area contributed by atoms with Crippen molar-refractivity contribution in [2.24, 2.45) is 0 Å². The third kappa shape index (κ3) is 3.27. The molecular formula is C20H26N4O2S2. The van der Waals surface area contributed by atoms with Crippen LogP contribution in [0.15, 0.2) is 28.5 Å². The van der Waals surface area contributed by atoms with Gasteiger partial charge in [-0.3, -0.25) is 0 Å². The van der Waals surface area contributed by atoms with Crippen LogP contribution in [0.4, 0.5) is 0 Å². The van der Waals surface area contributed by atoms with Gasteiger partial charge in [-0.2, -0.15) is 4.31 Å². The van der Waals surface area contributed by atoms with Gasteiger partial charge in [0.25, 0.3) is 10.0 Å². The van der Waals surface area contributed by atoms with Crippen molar-refractivity contribution in [3.63, 3.8) is 0 Å². The normalized spacial score (nSPS) is 19.0. The Kier molecular flexibility index (Phi) is 5.05. The van der Waals surface area contributed by atoms with Gasteiger partial charge in [0.1, 0.15) is 5.82 Å². The predicted molar refractivity (Wildman–Crippen MR) is 112 cm³/mol. The van der Waals surface area contributed by atoms with Crippen LogP contribution in [-0.2, 0) is 10.0 Å². The van der Waals surface area contributed by atoms with Crippen LogP contribution in [0.3, 0.4) is 0 Å². The molecule has 0 aliphatic carbocycles. The monoisotopic (exact) mass is 418 g/mol. The summed E-state index contributed by atoms with van der Waals surface area (Å²) in [4.78, 5) is 9.21. The number of piperidine rings is 1. The van der Waals surface area contributed by atoms with E-state index in [1.54, 1.807) is 11.2 Å². The lowest BCUT2D eigenvalue weighted by Gasteiger charge is -2.32. The minimum atomic E-state index is -3.52. The zero-order chi connectivity index (χ0) is 20.1. The minimum absolute atomic E-state index is 0.0904. The van der Waals surface area contributed by atoms with Crippen molar-refractivity contribution in [2.75, 3.05) is 13.1 Å². The molecule has 1 aliphatic rings. The summed E-state index contributed by atoms with van der Waals surface area (Å²) in [6, 6.07) is 8.40. The molecule has 1 atom stereocenters. The molecule has 1 aromatic carbocycles. The Morgan fingerprint density at radius 2 is 1.93 bits per heavy atom. The molecule has 8 heteroatoms. The molecule has 28 heavy (non-hydrogen) atoms. The van der Waals surface area contributed by atoms with Crippen LogP contribution in [-0.4, -0.2) is 40.3 Å². The van der Waals surface area contributed by atoms with Gasteiger partial charge in [-0.25, -0.2) is 18.4 Å². The zero-order valence-corrected chi connectivity index (χ0v) is 18.3. The van der Waals surface area contributed by atoms with Crippen molar-refractivity contribution in [3.8, 4) is 0 Å². The summed E-state index contributed by atoms with van der Waals surface area (Å²) in [5, 5.41) is 0.784. The van der Waals surface area contributed by atoms with Crippen molar-refractivity contribution in [2.45, 2.75) is 56.7 Å². The maximum absolute atomic E-state index is 13.3. The SMILES string of the molecule is Cc1nc(C)c(S(=O)(=O)N2CCCC(c3nc4ccccc4n3C(C)C)C2)s1. The number of hydrogen-bond donors (Lipinski definition) is 0. The Bertz CT molecular complexity index is 1110. The molecule has 1 unspecified atom stereocenters. The van der Waals surface area contributed by atoms with E-state index >= 15 is 0 Å². The smallest absolute Gasteiger partial charge is 0.254 e. The Hall–Kier alpha value is -1.77. The molecule has 0 bridgehead atoms. The highest BCUT2D eigenvalue weighted by molar-refractivity contribution is 7.91. The lowest BCUT2D eigenvalue weighted by atomic mass is 9.98. The summed E-state index contributed by atoms with van der Waals surface area (Å²) in [6.07, 6.45) is 1.78. The Morgan fingerprint density at radius 1 is 1.18 bits per heavy atom. The molecule has 2 aromatic heterocycles. The molecular weight excluding hydrogens is 392 g/mol. The van der Waals surface area contributed by atoms with Crippen molar-refractivity contribution in [1.82, 2.24) is 18.8 Å². The third-order valence-corrected chi connectivity index (χ3v) is 8.85. The van der Waals surface area contributed by atoms with Gasteiger partial charge in [0.15, 0.2) is 4.21 Å². The van der Waals surface area contributed by atoms with E-state index < -0.39 is 10.0 Å². The summed E-state index contributed by atoms with van der Waals surface area (Å²) >= 11 is 1.26. The molecule has 4 rings (SSSR count). The van der Waals surface area contributed by atoms with Crippen LogP contribution in [0.2, 0.25) is 0 Å². The highest BCUT2D eigenvalue weighted by Crippen LogP contribution is 2.35. The summed E-state index contributed by atoms with van der Waals surface area (Å²) in [5.74, 6) is 1.08. The van der Waals surface area contributed by atoms with Gasteiger partial charge in [-0.15, -0.1) is 11.3 Å². The van der Waals surface area contributed by atoms with E-state index in [1.165, 1.54) is 11.3 Å². The van der Waals surface area contributed by atoms with E-state index in [9.17, 15) is 8.42 Å². The van der Waals surface area contributed by atoms with Crippen LogP contribution >= 0.6 is 11.3 Å². The number of aryl methyl sites for hydroxylation is 2. The first-order chi connectivity index (χ1) is 13.3. The number of imidazole rings is 1. The van der Waals surface area contributed by atoms with Crippen molar-refractivity contribution >= 4 is 32.4 Å². The first-order valence-corrected chi connectivity index (χ1v) is 12.0. The number of para-hydroxylation sites is 2. The Balaban J connectivity index is 1.71. The molecule has 0 radical (unpaired) electrons. The lowest BCUT2D eigenvalue weighted by molar-refractivity contribution is 0.303. The highest BCUT2D eigenvalue weighted by atomic mass is 32.2. The predicted octanol–water partition coefficient (Wildman–Crippen LogP) is 4.26. The van der Waals surface area contributed by atoms with Gasteiger partial charge in [-0.1, -0.05) is 12.1 Å². The van der Waals surface area contributed by atoms with E-state index in [2.05, 4.69) is 29.5 Å². The van der Waals surface area contributed by atoms with E-state index in [0.717, 1.165) is 34.7 Å². The molecule has 150 valence electrons. The molecule has 3 aromatic rings. The number of aromatic nitrogens is 3. The Labute approximate surface area is 170 Å². The average molecular weight is 419 g/mol. The fraction of sp³-hybridized carbons (Fsp3) is 0.500. The Morgan fingerprint density at radius 3 is 2.61 bits per heavy atom. The van der Waals surface area contributed by atoms with E-state index in [1.807, 2.05) is 25.1 Å². The number of rotatable bonds is 4. The van der Waals surface area contributed by atoms with Crippen molar-refractivity contribution < 1.29 is 8.42 Å². The highest BCUT2D eigenvalue weighted by Gasteiger charge is 2.35. The fourth-order valence-corrected chi connectivity index (χ4v) is 7.28. The average Bonchev–Trinajstić information content (AvgIpc) is 3.22. The number of nitrogens with zero attached hydrogens (tertiary/aromatic N) is 4. The van der Waals surface area contributed by atoms with Gasteiger partial charge < -0.3 is 4.57 Å². The van der Waals surface area contributed by atoms with Gasteiger partial charge in [-0.05, 0) is 52.7 Å². The second kappa shape index (κ2) is 7.24. The fourth-order valence-electron chi connectivity index (χ4n) is 4.13.